The fourth-order valence-electron chi connectivity index (χ4n) is 1.49. The number of nitrogens with one attached hydrogen (secondary N) is 2. The molecule has 0 aromatic carbocycles. The van der Waals surface area contributed by atoms with Gasteiger partial charge in [-0.05, 0) is 11.8 Å². The topological polar surface area (TPSA) is 152 Å². The number of anilines is 2. The Labute approximate surface area is 109 Å². The molecule has 0 saturated carbocycles. The van der Waals surface area contributed by atoms with Crippen molar-refractivity contribution < 1.29 is 0 Å². The van der Waals surface area contributed by atoms with Gasteiger partial charge in [0.25, 0.3) is 5.56 Å². The van der Waals surface area contributed by atoms with Gasteiger partial charge in [0, 0.05) is 6.07 Å². The fourth-order valence-corrected chi connectivity index (χ4v) is 2.37. The summed E-state index contributed by atoms with van der Waals surface area (Å²) in [5, 5.41) is 0.827. The first-order valence-corrected chi connectivity index (χ1v) is 5.95. The smallest absolute Gasteiger partial charge is 0.253 e. The average molecular weight is 276 g/mol. The molecule has 3 aromatic heterocycles. The second-order valence-corrected chi connectivity index (χ2v) is 4.54. The minimum Gasteiger partial charge on any atom is -0.383 e. The van der Waals surface area contributed by atoms with E-state index in [1.807, 2.05) is 0 Å². The molecule has 6 N–H and O–H groups in total. The molecular weight excluding hydrogens is 268 g/mol. The van der Waals surface area contributed by atoms with E-state index >= 15 is 0 Å². The maximum atomic E-state index is 11.3. The van der Waals surface area contributed by atoms with Crippen LogP contribution in [0.4, 0.5) is 11.8 Å². The van der Waals surface area contributed by atoms with E-state index in [0.29, 0.717) is 21.3 Å². The zero-order valence-corrected chi connectivity index (χ0v) is 10.2. The number of hydrogen-bond acceptors (Lipinski definition) is 8. The maximum absolute atomic E-state index is 11.3. The summed E-state index contributed by atoms with van der Waals surface area (Å²) in [6.07, 6.45) is 1.48. The monoisotopic (exact) mass is 276 g/mol. The normalized spacial score (nSPS) is 10.9. The van der Waals surface area contributed by atoms with Crippen molar-refractivity contribution >= 4 is 34.7 Å². The van der Waals surface area contributed by atoms with Gasteiger partial charge in [-0.3, -0.25) is 4.79 Å². The number of nitrogens with two attached hydrogens (primary N) is 2. The number of H-pyrrole nitrogens is 2. The van der Waals surface area contributed by atoms with E-state index in [9.17, 15) is 4.79 Å². The Morgan fingerprint density at radius 2 is 2.05 bits per heavy atom. The minimum absolute atomic E-state index is 0.0911. The lowest BCUT2D eigenvalue weighted by atomic mass is 10.5. The summed E-state index contributed by atoms with van der Waals surface area (Å²) in [6.45, 7) is 0. The van der Waals surface area contributed by atoms with E-state index in [0.717, 1.165) is 11.8 Å². The molecule has 0 radical (unpaired) electrons. The van der Waals surface area contributed by atoms with Gasteiger partial charge in [0.2, 0.25) is 5.95 Å². The number of hydrogen-bond donors (Lipinski definition) is 4. The first-order chi connectivity index (χ1) is 9.11. The van der Waals surface area contributed by atoms with Crippen LogP contribution in [0.2, 0.25) is 0 Å². The van der Waals surface area contributed by atoms with E-state index in [4.69, 9.17) is 11.5 Å². The van der Waals surface area contributed by atoms with Crippen LogP contribution in [0.15, 0.2) is 27.4 Å². The quantitative estimate of drug-likeness (QED) is 0.369. The van der Waals surface area contributed by atoms with Gasteiger partial charge in [-0.25, -0.2) is 15.0 Å². The predicted molar refractivity (Wildman–Crippen MR) is 69.5 cm³/mol. The number of rotatable bonds is 2. The summed E-state index contributed by atoms with van der Waals surface area (Å²) in [5.74, 6) is 0.225. The fraction of sp³-hybridized carbons (Fsp3) is 0. The van der Waals surface area contributed by atoms with Crippen molar-refractivity contribution in [1.82, 2.24) is 29.9 Å². The highest BCUT2D eigenvalue weighted by molar-refractivity contribution is 7.99. The van der Waals surface area contributed by atoms with Gasteiger partial charge < -0.3 is 21.4 Å². The van der Waals surface area contributed by atoms with Gasteiger partial charge in [-0.15, -0.1) is 0 Å². The van der Waals surface area contributed by atoms with E-state index < -0.39 is 0 Å². The molecule has 0 aliphatic carbocycles. The van der Waals surface area contributed by atoms with Crippen LogP contribution in [0.3, 0.4) is 0 Å². The average Bonchev–Trinajstić information content (AvgIpc) is 2.75. The summed E-state index contributed by atoms with van der Waals surface area (Å²) >= 11 is 1.12. The molecular formula is C9H8N8OS. The zero-order valence-electron chi connectivity index (χ0n) is 9.41. The highest BCUT2D eigenvalue weighted by Gasteiger charge is 2.11. The zero-order chi connectivity index (χ0) is 13.4. The molecule has 0 bridgehead atoms. The third-order valence-corrected chi connectivity index (χ3v) is 3.08. The predicted octanol–water partition coefficient (Wildman–Crippen LogP) is -0.248. The maximum Gasteiger partial charge on any atom is 0.253 e. The summed E-state index contributed by atoms with van der Waals surface area (Å²) in [5.41, 5.74) is 11.8. The molecule has 0 amide bonds. The summed E-state index contributed by atoms with van der Waals surface area (Å²) < 4.78 is 0. The Kier molecular flexibility index (Phi) is 2.56. The highest BCUT2D eigenvalue weighted by Crippen LogP contribution is 2.27. The van der Waals surface area contributed by atoms with Crippen LogP contribution in [0.25, 0.3) is 11.2 Å². The number of nitrogen functional groups attached to an aromatic ring is 2. The molecule has 10 heteroatoms. The van der Waals surface area contributed by atoms with Gasteiger partial charge in [0.15, 0.2) is 10.8 Å². The standard InChI is InChI=1S/C9H8N8OS/c10-3-1-4(18)15-9(14-3)19-7-5-6(13-2-12-5)16-8(11)17-7/h1-2H,(H3,10,14,15,18)(H3,11,12,13,16,17). The molecule has 3 rings (SSSR count). The molecule has 0 aliphatic heterocycles. The number of imidazole rings is 1. The Morgan fingerprint density at radius 3 is 2.84 bits per heavy atom. The van der Waals surface area contributed by atoms with Crippen molar-refractivity contribution in [3.8, 4) is 0 Å². The third-order valence-electron chi connectivity index (χ3n) is 2.20. The Hall–Kier alpha value is -2.62. The van der Waals surface area contributed by atoms with Crippen LogP contribution >= 0.6 is 11.8 Å². The Bertz CT molecular complexity index is 809. The molecule has 19 heavy (non-hydrogen) atoms. The minimum atomic E-state index is -0.335. The summed E-state index contributed by atoms with van der Waals surface area (Å²) in [7, 11) is 0. The molecule has 0 unspecified atom stereocenters. The lowest BCUT2D eigenvalue weighted by Crippen LogP contribution is -2.09. The van der Waals surface area contributed by atoms with Gasteiger partial charge in [-0.1, -0.05) is 0 Å². The van der Waals surface area contributed by atoms with Gasteiger partial charge in [-0.2, -0.15) is 4.98 Å². The molecule has 3 aromatic rings. The van der Waals surface area contributed by atoms with Crippen LogP contribution in [-0.4, -0.2) is 29.9 Å². The lowest BCUT2D eigenvalue weighted by Gasteiger charge is -2.02. The largest absolute Gasteiger partial charge is 0.383 e. The summed E-state index contributed by atoms with van der Waals surface area (Å²) in [6, 6.07) is 1.20. The van der Waals surface area contributed by atoms with Crippen molar-refractivity contribution in [2.75, 3.05) is 11.5 Å². The van der Waals surface area contributed by atoms with Crippen LogP contribution in [0, 0.1) is 0 Å². The molecule has 0 saturated heterocycles. The van der Waals surface area contributed by atoms with Crippen LogP contribution in [0.5, 0.6) is 0 Å². The molecule has 96 valence electrons. The molecule has 9 nitrogen and oxygen atoms in total. The second kappa shape index (κ2) is 4.24. The van der Waals surface area contributed by atoms with Crippen molar-refractivity contribution in [2.24, 2.45) is 0 Å². The molecule has 0 atom stereocenters. The van der Waals surface area contributed by atoms with E-state index in [-0.39, 0.29) is 17.3 Å². The van der Waals surface area contributed by atoms with E-state index in [2.05, 4.69) is 29.9 Å². The van der Waals surface area contributed by atoms with Gasteiger partial charge >= 0.3 is 0 Å². The van der Waals surface area contributed by atoms with E-state index in [1.165, 1.54) is 12.4 Å². The Balaban J connectivity index is 2.09. The second-order valence-electron chi connectivity index (χ2n) is 3.57. The van der Waals surface area contributed by atoms with Crippen molar-refractivity contribution in [2.45, 2.75) is 10.2 Å². The number of fused-ring (bicyclic) bond motifs is 1. The summed E-state index contributed by atoms with van der Waals surface area (Å²) in [4.78, 5) is 32.8. The lowest BCUT2D eigenvalue weighted by molar-refractivity contribution is 0.940. The van der Waals surface area contributed by atoms with Crippen LogP contribution in [0.1, 0.15) is 0 Å². The molecule has 3 heterocycles. The van der Waals surface area contributed by atoms with E-state index in [1.54, 1.807) is 0 Å². The van der Waals surface area contributed by atoms with Crippen molar-refractivity contribution in [3.63, 3.8) is 0 Å². The Morgan fingerprint density at radius 1 is 1.21 bits per heavy atom. The first kappa shape index (κ1) is 11.5. The van der Waals surface area contributed by atoms with Crippen molar-refractivity contribution in [3.05, 3.63) is 22.7 Å². The number of aromatic amines is 2. The highest BCUT2D eigenvalue weighted by atomic mass is 32.2. The molecule has 0 aliphatic rings. The van der Waals surface area contributed by atoms with Gasteiger partial charge in [0.1, 0.15) is 16.4 Å². The molecule has 0 fully saturated rings. The van der Waals surface area contributed by atoms with Crippen LogP contribution in [-0.2, 0) is 0 Å². The SMILES string of the molecule is Nc1cc(=O)[nH]c(Sc2nc(N)nc3nc[nH]c23)n1. The molecule has 0 spiro atoms. The van der Waals surface area contributed by atoms with Crippen LogP contribution < -0.4 is 17.0 Å². The van der Waals surface area contributed by atoms with Gasteiger partial charge in [0.05, 0.1) is 6.33 Å². The third kappa shape index (κ3) is 2.20. The first-order valence-electron chi connectivity index (χ1n) is 5.13. The number of nitrogens with zero attached hydrogens (tertiary/aromatic N) is 4. The number of aromatic nitrogens is 6. The van der Waals surface area contributed by atoms with Crippen molar-refractivity contribution in [1.29, 1.82) is 0 Å².